The van der Waals surface area contributed by atoms with Crippen molar-refractivity contribution < 1.29 is 18.7 Å². The Morgan fingerprint density at radius 3 is 2.35 bits per heavy atom. The van der Waals surface area contributed by atoms with Crippen LogP contribution < -0.4 is 21.3 Å². The number of carbonyl (C=O) groups excluding carboxylic acids is 1. The van der Waals surface area contributed by atoms with Crippen LogP contribution in [0.5, 0.6) is 0 Å². The molecule has 0 amide bonds. The van der Waals surface area contributed by atoms with E-state index in [1.165, 1.54) is 7.11 Å². The number of ether oxygens (including phenoxy) is 2. The Morgan fingerprint density at radius 2 is 1.70 bits per heavy atom. The molecule has 200 valence electrons. The predicted octanol–water partition coefficient (Wildman–Crippen LogP) is 5.47. The highest BCUT2D eigenvalue weighted by Crippen LogP contribution is 2.33. The summed E-state index contributed by atoms with van der Waals surface area (Å²) >= 11 is 17.7. The van der Waals surface area contributed by atoms with Crippen LogP contribution in [0.3, 0.4) is 0 Å². The second-order valence-electron chi connectivity index (χ2n) is 9.03. The van der Waals surface area contributed by atoms with Crippen LogP contribution in [-0.4, -0.2) is 53.5 Å². The highest BCUT2D eigenvalue weighted by atomic mass is 35.5. The summed E-state index contributed by atoms with van der Waals surface area (Å²) < 4.78 is 23.9. The van der Waals surface area contributed by atoms with Gasteiger partial charge in [-0.1, -0.05) is 23.2 Å². The molecule has 1 saturated carbocycles. The van der Waals surface area contributed by atoms with Crippen LogP contribution in [0.25, 0.3) is 0 Å². The monoisotopic (exact) mass is 570 g/mol. The van der Waals surface area contributed by atoms with Gasteiger partial charge in [0, 0.05) is 25.3 Å². The Balaban J connectivity index is 1.49. The van der Waals surface area contributed by atoms with Crippen molar-refractivity contribution in [2.45, 2.75) is 50.6 Å². The van der Waals surface area contributed by atoms with Crippen molar-refractivity contribution >= 4 is 69.6 Å². The molecule has 0 unspecified atom stereocenters. The van der Waals surface area contributed by atoms with E-state index in [-0.39, 0.29) is 44.8 Å². The Hall–Kier alpha value is -2.47. The molecule has 37 heavy (non-hydrogen) atoms. The summed E-state index contributed by atoms with van der Waals surface area (Å²) in [6.07, 6.45) is 6.41. The van der Waals surface area contributed by atoms with E-state index in [4.69, 9.17) is 49.9 Å². The lowest BCUT2D eigenvalue weighted by Crippen LogP contribution is -2.31. The number of halogens is 3. The minimum atomic E-state index is -0.547. The fraction of sp³-hybridized carbons (Fsp3) is 0.500. The van der Waals surface area contributed by atoms with Gasteiger partial charge in [-0.25, -0.2) is 9.37 Å². The highest BCUT2D eigenvalue weighted by molar-refractivity contribution is 7.80. The van der Waals surface area contributed by atoms with Crippen molar-refractivity contribution in [3.8, 4) is 0 Å². The van der Waals surface area contributed by atoms with Crippen LogP contribution in [0, 0.1) is 11.7 Å². The molecule has 1 aliphatic carbocycles. The van der Waals surface area contributed by atoms with Gasteiger partial charge in [-0.05, 0) is 62.9 Å². The molecule has 2 fully saturated rings. The van der Waals surface area contributed by atoms with E-state index in [1.54, 1.807) is 6.20 Å². The molecular formula is C24H29Cl2FN6O3S. The first-order valence-corrected chi connectivity index (χ1v) is 13.3. The molecular weight excluding hydrogens is 542 g/mol. The molecule has 0 atom stereocenters. The number of carbonyl (C=O) groups is 1. The minimum Gasteiger partial charge on any atom is -0.469 e. The molecule has 0 spiro atoms. The van der Waals surface area contributed by atoms with E-state index >= 15 is 0 Å². The number of hydrogen-bond donors (Lipinski definition) is 4. The molecule has 4 rings (SSSR count). The van der Waals surface area contributed by atoms with E-state index in [2.05, 4.69) is 26.3 Å². The maximum atomic E-state index is 13.6. The zero-order chi connectivity index (χ0) is 26.4. The third-order valence-corrected chi connectivity index (χ3v) is 7.24. The van der Waals surface area contributed by atoms with E-state index in [9.17, 15) is 9.18 Å². The maximum Gasteiger partial charge on any atom is 0.308 e. The molecule has 9 nitrogen and oxygen atoms in total. The third kappa shape index (κ3) is 7.53. The highest BCUT2D eigenvalue weighted by Gasteiger charge is 2.28. The lowest BCUT2D eigenvalue weighted by atomic mass is 9.86. The number of rotatable bonds is 7. The standard InChI is InChI=1S/C24H29Cl2FN6O3S/c1-35-22(34)13-2-4-15(5-3-13)29-21-19(12-28-23(33-21)30-16-6-8-36-9-7-16)31-24(37)32-20-17(25)10-14(27)11-18(20)26/h10-13,15-16H,2-9H2,1H3,(H2,31,32,37)(H2,28,29,30,33). The fourth-order valence-corrected chi connectivity index (χ4v) is 5.21. The van der Waals surface area contributed by atoms with E-state index in [0.717, 1.165) is 50.7 Å². The molecule has 0 bridgehead atoms. The number of nitrogens with one attached hydrogen (secondary N) is 4. The van der Waals surface area contributed by atoms with Crippen LogP contribution in [0.1, 0.15) is 38.5 Å². The van der Waals surface area contributed by atoms with Gasteiger partial charge in [-0.2, -0.15) is 4.98 Å². The molecule has 0 radical (unpaired) electrons. The average molecular weight is 572 g/mol. The summed E-state index contributed by atoms with van der Waals surface area (Å²) in [6.45, 7) is 1.39. The van der Waals surface area contributed by atoms with Gasteiger partial charge in [-0.15, -0.1) is 0 Å². The Morgan fingerprint density at radius 1 is 1.05 bits per heavy atom. The van der Waals surface area contributed by atoms with Crippen LogP contribution in [0.15, 0.2) is 18.3 Å². The van der Waals surface area contributed by atoms with Crippen molar-refractivity contribution in [3.05, 3.63) is 34.2 Å². The van der Waals surface area contributed by atoms with Gasteiger partial charge in [0.2, 0.25) is 5.95 Å². The molecule has 2 heterocycles. The van der Waals surface area contributed by atoms with Crippen LogP contribution in [-0.2, 0) is 14.3 Å². The average Bonchev–Trinajstić information content (AvgIpc) is 2.88. The van der Waals surface area contributed by atoms with Crippen molar-refractivity contribution in [1.82, 2.24) is 9.97 Å². The quantitative estimate of drug-likeness (QED) is 0.253. The largest absolute Gasteiger partial charge is 0.469 e. The molecule has 4 N–H and O–H groups in total. The molecule has 2 aliphatic rings. The van der Waals surface area contributed by atoms with Gasteiger partial charge in [0.05, 0.1) is 35.0 Å². The molecule has 1 aromatic carbocycles. The van der Waals surface area contributed by atoms with E-state index in [1.807, 2.05) is 0 Å². The molecule has 1 aromatic heterocycles. The van der Waals surface area contributed by atoms with Crippen molar-refractivity contribution in [2.24, 2.45) is 5.92 Å². The lowest BCUT2D eigenvalue weighted by molar-refractivity contribution is -0.146. The number of esters is 1. The van der Waals surface area contributed by atoms with Crippen LogP contribution in [0.4, 0.5) is 27.5 Å². The smallest absolute Gasteiger partial charge is 0.308 e. The van der Waals surface area contributed by atoms with E-state index < -0.39 is 5.82 Å². The van der Waals surface area contributed by atoms with Crippen LogP contribution >= 0.6 is 35.4 Å². The Labute approximate surface area is 230 Å². The number of methoxy groups -OCH3 is 1. The van der Waals surface area contributed by atoms with Crippen molar-refractivity contribution in [2.75, 3.05) is 41.6 Å². The Bertz CT molecular complexity index is 1110. The maximum absolute atomic E-state index is 13.6. The fourth-order valence-electron chi connectivity index (χ4n) is 4.44. The number of anilines is 4. The first-order valence-electron chi connectivity index (χ1n) is 12.1. The normalized spacial score (nSPS) is 20.1. The first-order chi connectivity index (χ1) is 17.8. The molecule has 2 aromatic rings. The number of nitrogens with zero attached hydrogens (tertiary/aromatic N) is 2. The summed E-state index contributed by atoms with van der Waals surface area (Å²) in [4.78, 5) is 21.1. The first kappa shape index (κ1) is 27.6. The van der Waals surface area contributed by atoms with Gasteiger partial charge >= 0.3 is 5.97 Å². The number of thiocarbonyl (C=S) groups is 1. The molecule has 1 aliphatic heterocycles. The zero-order valence-corrected chi connectivity index (χ0v) is 22.6. The van der Waals surface area contributed by atoms with Gasteiger partial charge in [-0.3, -0.25) is 4.79 Å². The molecule has 13 heteroatoms. The second kappa shape index (κ2) is 12.9. The summed E-state index contributed by atoms with van der Waals surface area (Å²) in [5.41, 5.74) is 0.830. The zero-order valence-electron chi connectivity index (χ0n) is 20.3. The summed E-state index contributed by atoms with van der Waals surface area (Å²) in [5.74, 6) is 0.256. The van der Waals surface area contributed by atoms with Gasteiger partial charge in [0.1, 0.15) is 11.5 Å². The number of hydrogen-bond acceptors (Lipinski definition) is 8. The second-order valence-corrected chi connectivity index (χ2v) is 10.2. The van der Waals surface area contributed by atoms with E-state index in [0.29, 0.717) is 30.7 Å². The SMILES string of the molecule is COC(=O)C1CCC(Nc2nc(NC3CCOCC3)ncc2NC(=S)Nc2c(Cl)cc(F)cc2Cl)CC1. The van der Waals surface area contributed by atoms with Crippen LogP contribution in [0.2, 0.25) is 10.0 Å². The van der Waals surface area contributed by atoms with Gasteiger partial charge < -0.3 is 30.7 Å². The predicted molar refractivity (Wildman–Crippen MR) is 147 cm³/mol. The summed E-state index contributed by atoms with van der Waals surface area (Å²) in [5, 5.41) is 13.2. The topological polar surface area (TPSA) is 109 Å². The number of benzene rings is 1. The Kier molecular flexibility index (Phi) is 9.58. The van der Waals surface area contributed by atoms with Crippen molar-refractivity contribution in [1.29, 1.82) is 0 Å². The number of aromatic nitrogens is 2. The lowest BCUT2D eigenvalue weighted by Gasteiger charge is -2.29. The van der Waals surface area contributed by atoms with Crippen molar-refractivity contribution in [3.63, 3.8) is 0 Å². The summed E-state index contributed by atoms with van der Waals surface area (Å²) in [6, 6.07) is 2.63. The molecule has 1 saturated heterocycles. The van der Waals surface area contributed by atoms with Gasteiger partial charge in [0.15, 0.2) is 10.9 Å². The minimum absolute atomic E-state index is 0.0845. The van der Waals surface area contributed by atoms with Gasteiger partial charge in [0.25, 0.3) is 0 Å². The summed E-state index contributed by atoms with van der Waals surface area (Å²) in [7, 11) is 1.42. The third-order valence-electron chi connectivity index (χ3n) is 6.44.